The zero-order valence-electron chi connectivity index (χ0n) is 9.66. The summed E-state index contributed by atoms with van der Waals surface area (Å²) >= 11 is 0. The van der Waals surface area contributed by atoms with E-state index in [9.17, 15) is 9.18 Å². The van der Waals surface area contributed by atoms with E-state index in [1.165, 1.54) is 18.2 Å². The van der Waals surface area contributed by atoms with E-state index in [2.05, 4.69) is 0 Å². The average Bonchev–Trinajstić information content (AvgIpc) is 2.25. The molecule has 0 heterocycles. The predicted octanol–water partition coefficient (Wildman–Crippen LogP) is 2.28. The minimum atomic E-state index is -0.424. The number of nitrogens with two attached hydrogens (primary N) is 1. The van der Waals surface area contributed by atoms with Crippen LogP contribution in [-0.2, 0) is 0 Å². The van der Waals surface area contributed by atoms with Gasteiger partial charge in [0.25, 0.3) is 5.91 Å². The second kappa shape index (κ2) is 5.49. The van der Waals surface area contributed by atoms with E-state index in [1.54, 1.807) is 4.90 Å². The smallest absolute Gasteiger partial charge is 0.255 e. The van der Waals surface area contributed by atoms with Crippen LogP contribution in [0.5, 0.6) is 0 Å². The van der Waals surface area contributed by atoms with E-state index in [1.807, 2.05) is 13.8 Å². The van der Waals surface area contributed by atoms with Crippen LogP contribution >= 0.6 is 0 Å². The van der Waals surface area contributed by atoms with Gasteiger partial charge in [-0.3, -0.25) is 4.79 Å². The van der Waals surface area contributed by atoms with Gasteiger partial charge in [-0.1, -0.05) is 6.92 Å². The molecule has 0 saturated carbocycles. The molecule has 0 spiro atoms. The topological polar surface area (TPSA) is 46.3 Å². The van der Waals surface area contributed by atoms with Gasteiger partial charge >= 0.3 is 0 Å². The molecule has 1 aromatic carbocycles. The van der Waals surface area contributed by atoms with Crippen molar-refractivity contribution in [3.63, 3.8) is 0 Å². The summed E-state index contributed by atoms with van der Waals surface area (Å²) in [4.78, 5) is 13.7. The molecular weight excluding hydrogens is 207 g/mol. The molecule has 16 heavy (non-hydrogen) atoms. The Bertz CT molecular complexity index is 379. The lowest BCUT2D eigenvalue weighted by atomic mass is 10.1. The van der Waals surface area contributed by atoms with Crippen molar-refractivity contribution >= 4 is 11.6 Å². The number of carbonyl (C=O) groups excluding carboxylic acids is 1. The van der Waals surface area contributed by atoms with Crippen molar-refractivity contribution < 1.29 is 9.18 Å². The van der Waals surface area contributed by atoms with Crippen LogP contribution in [0.1, 0.15) is 30.6 Å². The van der Waals surface area contributed by atoms with E-state index in [0.29, 0.717) is 18.7 Å². The Labute approximate surface area is 95.0 Å². The van der Waals surface area contributed by atoms with Gasteiger partial charge in [-0.05, 0) is 31.5 Å². The van der Waals surface area contributed by atoms with Crippen LogP contribution in [-0.4, -0.2) is 23.9 Å². The first-order valence-corrected chi connectivity index (χ1v) is 5.44. The summed E-state index contributed by atoms with van der Waals surface area (Å²) in [6.07, 6.45) is 0.890. The van der Waals surface area contributed by atoms with Gasteiger partial charge in [0.15, 0.2) is 0 Å². The van der Waals surface area contributed by atoms with E-state index >= 15 is 0 Å². The Balaban J connectivity index is 2.94. The van der Waals surface area contributed by atoms with Gasteiger partial charge in [0.2, 0.25) is 0 Å². The van der Waals surface area contributed by atoms with E-state index in [-0.39, 0.29) is 11.6 Å². The predicted molar refractivity (Wildman–Crippen MR) is 62.7 cm³/mol. The van der Waals surface area contributed by atoms with Crippen LogP contribution in [0.4, 0.5) is 10.1 Å². The first-order chi connectivity index (χ1) is 7.60. The lowest BCUT2D eigenvalue weighted by Gasteiger charge is -2.20. The molecule has 1 amide bonds. The summed E-state index contributed by atoms with van der Waals surface area (Å²) in [6.45, 7) is 5.23. The van der Waals surface area contributed by atoms with Crippen LogP contribution in [0.25, 0.3) is 0 Å². The van der Waals surface area contributed by atoms with Crippen molar-refractivity contribution in [1.29, 1.82) is 0 Å². The van der Waals surface area contributed by atoms with Gasteiger partial charge in [0.1, 0.15) is 5.82 Å². The number of benzene rings is 1. The number of hydrogen-bond acceptors (Lipinski definition) is 2. The number of amides is 1. The van der Waals surface area contributed by atoms with Crippen LogP contribution in [0.15, 0.2) is 18.2 Å². The molecule has 3 nitrogen and oxygen atoms in total. The van der Waals surface area contributed by atoms with Crippen molar-refractivity contribution in [1.82, 2.24) is 4.90 Å². The summed E-state index contributed by atoms with van der Waals surface area (Å²) in [6, 6.07) is 3.86. The van der Waals surface area contributed by atoms with Crippen molar-refractivity contribution in [2.75, 3.05) is 18.8 Å². The normalized spacial score (nSPS) is 10.2. The zero-order chi connectivity index (χ0) is 12.1. The molecule has 0 aromatic heterocycles. The fourth-order valence-electron chi connectivity index (χ4n) is 1.57. The molecular formula is C12H17FN2O. The maximum Gasteiger partial charge on any atom is 0.255 e. The lowest BCUT2D eigenvalue weighted by Crippen LogP contribution is -2.32. The van der Waals surface area contributed by atoms with E-state index in [4.69, 9.17) is 5.73 Å². The third-order valence-corrected chi connectivity index (χ3v) is 2.41. The zero-order valence-corrected chi connectivity index (χ0v) is 9.66. The summed E-state index contributed by atoms with van der Waals surface area (Å²) in [5.74, 6) is -0.561. The van der Waals surface area contributed by atoms with Gasteiger partial charge in [-0.2, -0.15) is 0 Å². The number of halogens is 1. The number of nitrogens with zero attached hydrogens (tertiary/aromatic N) is 1. The quantitative estimate of drug-likeness (QED) is 0.797. The van der Waals surface area contributed by atoms with Crippen molar-refractivity contribution in [2.45, 2.75) is 20.3 Å². The standard InChI is InChI=1S/C12H17FN2O/c1-3-7-15(4-2)12(16)10-6-5-9(13)8-11(10)14/h5-6,8H,3-4,7,14H2,1-2H3. The number of rotatable bonds is 4. The third kappa shape index (κ3) is 2.72. The largest absolute Gasteiger partial charge is 0.398 e. The highest BCUT2D eigenvalue weighted by atomic mass is 19.1. The van der Waals surface area contributed by atoms with Crippen molar-refractivity contribution in [3.05, 3.63) is 29.6 Å². The summed E-state index contributed by atoms with van der Waals surface area (Å²) in [7, 11) is 0. The molecule has 0 unspecified atom stereocenters. The SMILES string of the molecule is CCCN(CC)C(=O)c1ccc(F)cc1N. The first-order valence-electron chi connectivity index (χ1n) is 5.44. The summed E-state index contributed by atoms with van der Waals surface area (Å²) in [5.41, 5.74) is 6.19. The number of hydrogen-bond donors (Lipinski definition) is 1. The highest BCUT2D eigenvalue weighted by Crippen LogP contribution is 2.15. The molecule has 0 aliphatic carbocycles. The molecule has 0 atom stereocenters. The second-order valence-corrected chi connectivity index (χ2v) is 3.62. The van der Waals surface area contributed by atoms with Crippen LogP contribution in [0.3, 0.4) is 0 Å². The molecule has 0 aliphatic rings. The fraction of sp³-hybridized carbons (Fsp3) is 0.417. The van der Waals surface area contributed by atoms with Crippen molar-refractivity contribution in [3.8, 4) is 0 Å². The van der Waals surface area contributed by atoms with Gasteiger partial charge in [0, 0.05) is 18.8 Å². The minimum Gasteiger partial charge on any atom is -0.398 e. The van der Waals surface area contributed by atoms with Crippen LogP contribution in [0, 0.1) is 5.82 Å². The van der Waals surface area contributed by atoms with Crippen LogP contribution < -0.4 is 5.73 Å². The summed E-state index contributed by atoms with van der Waals surface area (Å²) in [5, 5.41) is 0. The van der Waals surface area contributed by atoms with Gasteiger partial charge in [-0.25, -0.2) is 4.39 Å². The van der Waals surface area contributed by atoms with E-state index < -0.39 is 5.82 Å². The fourth-order valence-corrected chi connectivity index (χ4v) is 1.57. The van der Waals surface area contributed by atoms with Gasteiger partial charge in [-0.15, -0.1) is 0 Å². The summed E-state index contributed by atoms with van der Waals surface area (Å²) < 4.78 is 12.8. The van der Waals surface area contributed by atoms with E-state index in [0.717, 1.165) is 6.42 Å². The monoisotopic (exact) mass is 224 g/mol. The lowest BCUT2D eigenvalue weighted by molar-refractivity contribution is 0.0765. The maximum atomic E-state index is 12.8. The third-order valence-electron chi connectivity index (χ3n) is 2.41. The Morgan fingerprint density at radius 1 is 1.44 bits per heavy atom. The van der Waals surface area contributed by atoms with Crippen molar-refractivity contribution in [2.24, 2.45) is 0 Å². The molecule has 88 valence electrons. The number of carbonyl (C=O) groups is 1. The molecule has 0 bridgehead atoms. The molecule has 0 fully saturated rings. The molecule has 0 aliphatic heterocycles. The molecule has 1 rings (SSSR count). The maximum absolute atomic E-state index is 12.8. The highest BCUT2D eigenvalue weighted by molar-refractivity contribution is 5.99. The Hall–Kier alpha value is -1.58. The molecule has 0 saturated heterocycles. The average molecular weight is 224 g/mol. The molecule has 0 radical (unpaired) electrons. The molecule has 2 N–H and O–H groups in total. The van der Waals surface area contributed by atoms with Crippen LogP contribution in [0.2, 0.25) is 0 Å². The van der Waals surface area contributed by atoms with Gasteiger partial charge in [0.05, 0.1) is 5.56 Å². The number of nitrogen functional groups attached to an aromatic ring is 1. The molecule has 1 aromatic rings. The van der Waals surface area contributed by atoms with Gasteiger partial charge < -0.3 is 10.6 Å². The first kappa shape index (κ1) is 12.5. The second-order valence-electron chi connectivity index (χ2n) is 3.62. The Kier molecular flexibility index (Phi) is 4.28. The Morgan fingerprint density at radius 3 is 2.62 bits per heavy atom. The minimum absolute atomic E-state index is 0.137. The Morgan fingerprint density at radius 2 is 2.12 bits per heavy atom. The molecule has 4 heteroatoms. The number of anilines is 1. The highest BCUT2D eigenvalue weighted by Gasteiger charge is 2.16.